The third-order valence-corrected chi connectivity index (χ3v) is 3.17. The molecular weight excluding hydrogens is 314 g/mol. The second-order valence-electron chi connectivity index (χ2n) is 4.58. The van der Waals surface area contributed by atoms with E-state index < -0.39 is 11.5 Å². The third kappa shape index (κ3) is 5.18. The maximum atomic E-state index is 11.9. The molecule has 3 N–H and O–H groups in total. The molecular formula is C13H18BrNO4. The number of benzene rings is 1. The van der Waals surface area contributed by atoms with Gasteiger partial charge < -0.3 is 20.3 Å². The van der Waals surface area contributed by atoms with Gasteiger partial charge in [-0.3, -0.25) is 4.79 Å². The molecule has 1 amide bonds. The van der Waals surface area contributed by atoms with E-state index in [1.54, 1.807) is 20.1 Å². The monoisotopic (exact) mass is 331 g/mol. The van der Waals surface area contributed by atoms with E-state index in [0.717, 1.165) is 0 Å². The van der Waals surface area contributed by atoms with E-state index in [1.807, 2.05) is 0 Å². The van der Waals surface area contributed by atoms with Gasteiger partial charge in [0.2, 0.25) is 0 Å². The maximum absolute atomic E-state index is 11.9. The highest BCUT2D eigenvalue weighted by Gasteiger charge is 2.22. The molecule has 0 aliphatic heterocycles. The molecule has 1 atom stereocenters. The van der Waals surface area contributed by atoms with E-state index in [-0.39, 0.29) is 17.9 Å². The summed E-state index contributed by atoms with van der Waals surface area (Å²) in [5.41, 5.74) is -0.885. The van der Waals surface area contributed by atoms with E-state index in [4.69, 9.17) is 4.74 Å². The number of rotatable bonds is 6. The van der Waals surface area contributed by atoms with Crippen LogP contribution in [-0.2, 0) is 4.74 Å². The van der Waals surface area contributed by atoms with Gasteiger partial charge >= 0.3 is 0 Å². The number of hydrogen-bond acceptors (Lipinski definition) is 4. The predicted molar refractivity (Wildman–Crippen MR) is 75.3 cm³/mol. The average molecular weight is 332 g/mol. The molecule has 6 heteroatoms. The lowest BCUT2D eigenvalue weighted by Gasteiger charge is -2.23. The number of aromatic hydroxyl groups is 1. The van der Waals surface area contributed by atoms with E-state index in [2.05, 4.69) is 21.2 Å². The minimum absolute atomic E-state index is 0.0845. The lowest BCUT2D eigenvalue weighted by atomic mass is 10.0. The number of amides is 1. The SMILES string of the molecule is COCCC(C)(O)CNC(=O)c1cc(Br)ccc1O. The lowest BCUT2D eigenvalue weighted by molar-refractivity contribution is 0.0243. The fourth-order valence-electron chi connectivity index (χ4n) is 1.47. The average Bonchev–Trinajstić information content (AvgIpc) is 2.36. The van der Waals surface area contributed by atoms with Crippen molar-refractivity contribution < 1.29 is 19.7 Å². The van der Waals surface area contributed by atoms with Gasteiger partial charge in [0.05, 0.1) is 11.2 Å². The van der Waals surface area contributed by atoms with Crippen molar-refractivity contribution in [1.82, 2.24) is 5.32 Å². The molecule has 1 aromatic rings. The summed E-state index contributed by atoms with van der Waals surface area (Å²) < 4.78 is 5.58. The summed E-state index contributed by atoms with van der Waals surface area (Å²) in [7, 11) is 1.55. The summed E-state index contributed by atoms with van der Waals surface area (Å²) in [6.45, 7) is 2.11. The number of phenols is 1. The molecule has 0 saturated carbocycles. The Balaban J connectivity index is 2.62. The first kappa shape index (κ1) is 15.9. The normalized spacial score (nSPS) is 13.9. The Bertz CT molecular complexity index is 448. The smallest absolute Gasteiger partial charge is 0.255 e. The van der Waals surface area contributed by atoms with Crippen LogP contribution in [0.15, 0.2) is 22.7 Å². The van der Waals surface area contributed by atoms with Gasteiger partial charge in [0.1, 0.15) is 5.75 Å². The molecule has 5 nitrogen and oxygen atoms in total. The summed E-state index contributed by atoms with van der Waals surface area (Å²) in [5.74, 6) is -0.534. The van der Waals surface area contributed by atoms with Crippen LogP contribution in [0.1, 0.15) is 23.7 Å². The number of hydrogen-bond donors (Lipinski definition) is 3. The Morgan fingerprint density at radius 3 is 2.84 bits per heavy atom. The molecule has 0 fully saturated rings. The minimum atomic E-state index is -1.05. The van der Waals surface area contributed by atoms with Crippen molar-refractivity contribution >= 4 is 21.8 Å². The fourth-order valence-corrected chi connectivity index (χ4v) is 1.83. The number of halogens is 1. The van der Waals surface area contributed by atoms with Crippen LogP contribution in [0.2, 0.25) is 0 Å². The van der Waals surface area contributed by atoms with Crippen molar-refractivity contribution in [1.29, 1.82) is 0 Å². The van der Waals surface area contributed by atoms with Crippen molar-refractivity contribution in [3.05, 3.63) is 28.2 Å². The Kier molecular flexibility index (Phi) is 5.78. The molecule has 0 aromatic heterocycles. The summed E-state index contributed by atoms with van der Waals surface area (Å²) in [6, 6.07) is 4.59. The first-order valence-corrected chi connectivity index (χ1v) is 6.63. The summed E-state index contributed by atoms with van der Waals surface area (Å²) in [4.78, 5) is 11.9. The van der Waals surface area contributed by atoms with E-state index in [9.17, 15) is 15.0 Å². The number of nitrogens with one attached hydrogen (secondary N) is 1. The Labute approximate surface area is 120 Å². The van der Waals surface area contributed by atoms with Gasteiger partial charge in [0.15, 0.2) is 0 Å². The van der Waals surface area contributed by atoms with Gasteiger partial charge in [0.25, 0.3) is 5.91 Å². The molecule has 0 spiro atoms. The number of aliphatic hydroxyl groups is 1. The van der Waals surface area contributed by atoms with Crippen molar-refractivity contribution in [2.75, 3.05) is 20.3 Å². The van der Waals surface area contributed by atoms with Gasteiger partial charge in [-0.05, 0) is 25.1 Å². The van der Waals surface area contributed by atoms with E-state index in [1.165, 1.54) is 12.1 Å². The summed E-state index contributed by atoms with van der Waals surface area (Å²) in [6.07, 6.45) is 0.411. The lowest BCUT2D eigenvalue weighted by Crippen LogP contribution is -2.41. The van der Waals surface area contributed by atoms with E-state index >= 15 is 0 Å². The van der Waals surface area contributed by atoms with Crippen LogP contribution in [0.3, 0.4) is 0 Å². The topological polar surface area (TPSA) is 78.8 Å². The molecule has 0 radical (unpaired) electrons. The molecule has 0 aliphatic rings. The molecule has 106 valence electrons. The number of carbonyl (C=O) groups excluding carboxylic acids is 1. The zero-order chi connectivity index (χ0) is 14.5. The largest absolute Gasteiger partial charge is 0.507 e. The highest BCUT2D eigenvalue weighted by atomic mass is 79.9. The fraction of sp³-hybridized carbons (Fsp3) is 0.462. The quantitative estimate of drug-likeness (QED) is 0.740. The van der Waals surface area contributed by atoms with Crippen LogP contribution < -0.4 is 5.32 Å². The van der Waals surface area contributed by atoms with Gasteiger partial charge in [-0.15, -0.1) is 0 Å². The van der Waals surface area contributed by atoms with Gasteiger partial charge in [-0.25, -0.2) is 0 Å². The Morgan fingerprint density at radius 2 is 2.21 bits per heavy atom. The molecule has 0 bridgehead atoms. The van der Waals surface area contributed by atoms with Crippen molar-refractivity contribution in [2.24, 2.45) is 0 Å². The molecule has 0 heterocycles. The first-order valence-electron chi connectivity index (χ1n) is 5.84. The summed E-state index contributed by atoms with van der Waals surface area (Å²) in [5, 5.41) is 22.2. The third-order valence-electron chi connectivity index (χ3n) is 2.68. The highest BCUT2D eigenvalue weighted by molar-refractivity contribution is 9.10. The zero-order valence-electron chi connectivity index (χ0n) is 10.9. The molecule has 0 saturated heterocycles. The highest BCUT2D eigenvalue weighted by Crippen LogP contribution is 2.21. The molecule has 1 rings (SSSR count). The minimum Gasteiger partial charge on any atom is -0.507 e. The number of carbonyl (C=O) groups is 1. The zero-order valence-corrected chi connectivity index (χ0v) is 12.5. The molecule has 0 aliphatic carbocycles. The second-order valence-corrected chi connectivity index (χ2v) is 5.50. The van der Waals surface area contributed by atoms with Crippen LogP contribution in [0, 0.1) is 0 Å². The van der Waals surface area contributed by atoms with Gasteiger partial charge in [-0.1, -0.05) is 15.9 Å². The van der Waals surface area contributed by atoms with E-state index in [0.29, 0.717) is 17.5 Å². The van der Waals surface area contributed by atoms with Crippen LogP contribution in [0.5, 0.6) is 5.75 Å². The molecule has 19 heavy (non-hydrogen) atoms. The van der Waals surface area contributed by atoms with Crippen LogP contribution in [0.25, 0.3) is 0 Å². The number of methoxy groups -OCH3 is 1. The van der Waals surface area contributed by atoms with Crippen LogP contribution >= 0.6 is 15.9 Å². The van der Waals surface area contributed by atoms with Crippen molar-refractivity contribution in [3.63, 3.8) is 0 Å². The van der Waals surface area contributed by atoms with Crippen molar-refractivity contribution in [3.8, 4) is 5.75 Å². The standard InChI is InChI=1S/C13H18BrNO4/c1-13(18,5-6-19-2)8-15-12(17)10-7-9(14)3-4-11(10)16/h3-4,7,16,18H,5-6,8H2,1-2H3,(H,15,17). The summed E-state index contributed by atoms with van der Waals surface area (Å²) >= 11 is 3.23. The Morgan fingerprint density at radius 1 is 1.53 bits per heavy atom. The first-order chi connectivity index (χ1) is 8.85. The van der Waals surface area contributed by atoms with Gasteiger partial charge in [-0.2, -0.15) is 0 Å². The Hall–Kier alpha value is -1.11. The van der Waals surface area contributed by atoms with Crippen LogP contribution in [-0.4, -0.2) is 42.0 Å². The number of ether oxygens (including phenoxy) is 1. The number of phenolic OH excluding ortho intramolecular Hbond substituents is 1. The van der Waals surface area contributed by atoms with Gasteiger partial charge in [0, 0.05) is 31.2 Å². The van der Waals surface area contributed by atoms with Crippen molar-refractivity contribution in [2.45, 2.75) is 18.9 Å². The predicted octanol–water partition coefficient (Wildman–Crippen LogP) is 1.67. The second kappa shape index (κ2) is 6.88. The molecule has 1 unspecified atom stereocenters. The molecule has 1 aromatic carbocycles. The van der Waals surface area contributed by atoms with Crippen LogP contribution in [0.4, 0.5) is 0 Å². The maximum Gasteiger partial charge on any atom is 0.255 e.